The van der Waals surface area contributed by atoms with Gasteiger partial charge >= 0.3 is 0 Å². The van der Waals surface area contributed by atoms with Crippen LogP contribution in [0.5, 0.6) is 0 Å². The van der Waals surface area contributed by atoms with Crippen LogP contribution < -0.4 is 0 Å². The lowest BCUT2D eigenvalue weighted by molar-refractivity contribution is 0.369. The second kappa shape index (κ2) is 5.91. The van der Waals surface area contributed by atoms with E-state index in [1.54, 1.807) is 24.3 Å². The summed E-state index contributed by atoms with van der Waals surface area (Å²) in [4.78, 5) is 0. The van der Waals surface area contributed by atoms with Gasteiger partial charge in [-0.2, -0.15) is 0 Å². The molecule has 0 radical (unpaired) electrons. The Labute approximate surface area is 95.6 Å². The van der Waals surface area contributed by atoms with E-state index in [9.17, 15) is 4.39 Å². The van der Waals surface area contributed by atoms with Gasteiger partial charge in [-0.1, -0.05) is 26.2 Å². The normalized spacial score (nSPS) is 11.0. The highest BCUT2D eigenvalue weighted by Gasteiger charge is 2.02. The van der Waals surface area contributed by atoms with Gasteiger partial charge in [0, 0.05) is 12.0 Å². The molecule has 16 heavy (non-hydrogen) atoms. The van der Waals surface area contributed by atoms with Crippen LogP contribution in [0.25, 0.3) is 5.76 Å². The van der Waals surface area contributed by atoms with E-state index in [2.05, 4.69) is 13.2 Å². The van der Waals surface area contributed by atoms with E-state index in [0.29, 0.717) is 5.76 Å². The number of hydrogen-bond acceptors (Lipinski definition) is 1. The summed E-state index contributed by atoms with van der Waals surface area (Å²) in [6.45, 7) is 9.39. The Kier molecular flexibility index (Phi) is 4.52. The van der Waals surface area contributed by atoms with Crippen LogP contribution in [0.15, 0.2) is 55.3 Å². The molecule has 1 rings (SSSR count). The van der Waals surface area contributed by atoms with Gasteiger partial charge in [0.05, 0.1) is 0 Å². The summed E-state index contributed by atoms with van der Waals surface area (Å²) < 4.78 is 18.2. The molecule has 2 heteroatoms. The third-order valence-electron chi connectivity index (χ3n) is 2.07. The van der Waals surface area contributed by atoms with Crippen LogP contribution in [0.4, 0.5) is 4.39 Å². The first-order valence-electron chi connectivity index (χ1n) is 5.11. The molecule has 0 heterocycles. The van der Waals surface area contributed by atoms with Crippen molar-refractivity contribution in [2.75, 3.05) is 0 Å². The van der Waals surface area contributed by atoms with E-state index in [4.69, 9.17) is 4.74 Å². The quantitative estimate of drug-likeness (QED) is 0.529. The van der Waals surface area contributed by atoms with Crippen molar-refractivity contribution in [3.05, 3.63) is 66.7 Å². The van der Waals surface area contributed by atoms with Gasteiger partial charge in [0.25, 0.3) is 0 Å². The van der Waals surface area contributed by atoms with Crippen LogP contribution in [0.1, 0.15) is 18.9 Å². The molecule has 0 amide bonds. The number of halogens is 1. The molecule has 0 N–H and O–H groups in total. The van der Waals surface area contributed by atoms with Crippen LogP contribution in [0.2, 0.25) is 0 Å². The average molecular weight is 218 g/mol. The van der Waals surface area contributed by atoms with Crippen molar-refractivity contribution in [2.45, 2.75) is 13.3 Å². The number of rotatable bonds is 5. The number of ether oxygens (including phenoxy) is 1. The molecule has 0 fully saturated rings. The fraction of sp³-hybridized carbons (Fsp3) is 0.143. The smallest absolute Gasteiger partial charge is 0.126 e. The molecular formula is C14H15FO. The maximum absolute atomic E-state index is 12.7. The molecule has 0 saturated heterocycles. The lowest BCUT2D eigenvalue weighted by Crippen LogP contribution is -1.91. The van der Waals surface area contributed by atoms with Gasteiger partial charge in [0.1, 0.15) is 17.3 Å². The van der Waals surface area contributed by atoms with Crippen molar-refractivity contribution < 1.29 is 9.13 Å². The van der Waals surface area contributed by atoms with Crippen molar-refractivity contribution in [1.82, 2.24) is 0 Å². The van der Waals surface area contributed by atoms with Gasteiger partial charge in [0.2, 0.25) is 0 Å². The highest BCUT2D eigenvalue weighted by molar-refractivity contribution is 5.58. The van der Waals surface area contributed by atoms with Gasteiger partial charge in [0.15, 0.2) is 0 Å². The van der Waals surface area contributed by atoms with E-state index in [1.807, 2.05) is 6.92 Å². The molecule has 0 spiro atoms. The molecule has 1 aromatic rings. The molecule has 1 nitrogen and oxygen atoms in total. The van der Waals surface area contributed by atoms with E-state index in [1.165, 1.54) is 12.1 Å². The van der Waals surface area contributed by atoms with Crippen molar-refractivity contribution in [1.29, 1.82) is 0 Å². The average Bonchev–Trinajstić information content (AvgIpc) is 2.29. The first kappa shape index (κ1) is 12.2. The highest BCUT2D eigenvalue weighted by Crippen LogP contribution is 2.19. The summed E-state index contributed by atoms with van der Waals surface area (Å²) in [5, 5.41) is 0. The van der Waals surface area contributed by atoms with E-state index in [0.717, 1.165) is 17.7 Å². The zero-order chi connectivity index (χ0) is 12.0. The Morgan fingerprint density at radius 3 is 2.50 bits per heavy atom. The second-order valence-electron chi connectivity index (χ2n) is 3.25. The molecule has 0 atom stereocenters. The molecule has 0 aliphatic heterocycles. The number of allylic oxidation sites excluding steroid dienone is 3. The maximum atomic E-state index is 12.7. The number of benzene rings is 1. The third kappa shape index (κ3) is 3.39. The van der Waals surface area contributed by atoms with Crippen LogP contribution in [0.3, 0.4) is 0 Å². The molecule has 0 aromatic heterocycles. The van der Waals surface area contributed by atoms with Crippen molar-refractivity contribution in [3.8, 4) is 0 Å². The molecule has 1 aromatic carbocycles. The molecule has 0 saturated carbocycles. The van der Waals surface area contributed by atoms with Crippen molar-refractivity contribution in [3.63, 3.8) is 0 Å². The van der Waals surface area contributed by atoms with Crippen LogP contribution in [-0.4, -0.2) is 0 Å². The van der Waals surface area contributed by atoms with Crippen LogP contribution >= 0.6 is 0 Å². The summed E-state index contributed by atoms with van der Waals surface area (Å²) in [7, 11) is 0. The summed E-state index contributed by atoms with van der Waals surface area (Å²) in [5.74, 6) is 1.02. The van der Waals surface area contributed by atoms with Gasteiger partial charge in [-0.05, 0) is 30.3 Å². The monoisotopic (exact) mass is 218 g/mol. The van der Waals surface area contributed by atoms with E-state index >= 15 is 0 Å². The van der Waals surface area contributed by atoms with Crippen molar-refractivity contribution >= 4 is 5.76 Å². The fourth-order valence-electron chi connectivity index (χ4n) is 1.21. The highest BCUT2D eigenvalue weighted by atomic mass is 19.1. The fourth-order valence-corrected chi connectivity index (χ4v) is 1.21. The summed E-state index contributed by atoms with van der Waals surface area (Å²) >= 11 is 0. The van der Waals surface area contributed by atoms with Crippen molar-refractivity contribution in [2.24, 2.45) is 0 Å². The first-order chi connectivity index (χ1) is 7.67. The molecule has 0 bridgehead atoms. The Hall–Kier alpha value is -1.83. The topological polar surface area (TPSA) is 9.23 Å². The van der Waals surface area contributed by atoms with Gasteiger partial charge < -0.3 is 4.74 Å². The van der Waals surface area contributed by atoms with Gasteiger partial charge in [-0.3, -0.25) is 0 Å². The third-order valence-corrected chi connectivity index (χ3v) is 2.07. The maximum Gasteiger partial charge on any atom is 0.126 e. The Morgan fingerprint density at radius 1 is 1.38 bits per heavy atom. The summed E-state index contributed by atoms with van der Waals surface area (Å²) in [6, 6.07) is 6.04. The lowest BCUT2D eigenvalue weighted by Gasteiger charge is -2.10. The largest absolute Gasteiger partial charge is 0.462 e. The molecular weight excluding hydrogens is 203 g/mol. The zero-order valence-electron chi connectivity index (χ0n) is 9.37. The minimum Gasteiger partial charge on any atom is -0.462 e. The molecule has 84 valence electrons. The minimum absolute atomic E-state index is 0.270. The first-order valence-corrected chi connectivity index (χ1v) is 5.11. The number of hydrogen-bond donors (Lipinski definition) is 0. The second-order valence-corrected chi connectivity index (χ2v) is 3.25. The SMILES string of the molecule is C=C/C=C(\CC)OC(=C)c1ccc(F)cc1. The Morgan fingerprint density at radius 2 is 2.00 bits per heavy atom. The molecule has 0 aliphatic carbocycles. The van der Waals surface area contributed by atoms with Crippen LogP contribution in [0, 0.1) is 5.82 Å². The molecule has 0 unspecified atom stereocenters. The van der Waals surface area contributed by atoms with Gasteiger partial charge in [-0.15, -0.1) is 0 Å². The van der Waals surface area contributed by atoms with E-state index in [-0.39, 0.29) is 5.82 Å². The van der Waals surface area contributed by atoms with E-state index < -0.39 is 0 Å². The molecule has 0 aliphatic rings. The summed E-state index contributed by atoms with van der Waals surface area (Å²) in [5.41, 5.74) is 0.768. The van der Waals surface area contributed by atoms with Crippen LogP contribution in [-0.2, 0) is 4.74 Å². The predicted octanol–water partition coefficient (Wildman–Crippen LogP) is 4.29. The lowest BCUT2D eigenvalue weighted by atomic mass is 10.2. The minimum atomic E-state index is -0.270. The zero-order valence-corrected chi connectivity index (χ0v) is 9.37. The summed E-state index contributed by atoms with van der Waals surface area (Å²) in [6.07, 6.45) is 4.21. The van der Waals surface area contributed by atoms with Gasteiger partial charge in [-0.25, -0.2) is 4.39 Å². The Balaban J connectivity index is 2.75. The Bertz CT molecular complexity index is 401. The standard InChI is InChI=1S/C14H15FO/c1-4-6-14(5-2)16-11(3)12-7-9-13(15)10-8-12/h4,6-10H,1,3,5H2,2H3/b14-6+. The predicted molar refractivity (Wildman–Crippen MR) is 65.1 cm³/mol.